The van der Waals surface area contributed by atoms with Gasteiger partial charge in [-0.1, -0.05) is 111 Å². The van der Waals surface area contributed by atoms with E-state index in [-0.39, 0.29) is 47.2 Å². The Balaban J connectivity index is -0.000000124. The van der Waals surface area contributed by atoms with Crippen LogP contribution in [0.4, 0.5) is 25.2 Å². The van der Waals surface area contributed by atoms with Gasteiger partial charge < -0.3 is 11.5 Å². The van der Waals surface area contributed by atoms with Gasteiger partial charge in [-0.2, -0.15) is 0 Å². The summed E-state index contributed by atoms with van der Waals surface area (Å²) < 4.78 is 72.2. The Morgan fingerprint density at radius 3 is 0.810 bits per heavy atom. The summed E-state index contributed by atoms with van der Waals surface area (Å²) in [7, 11) is -12.1. The summed E-state index contributed by atoms with van der Waals surface area (Å²) in [6.45, 7) is 37.1. The van der Waals surface area contributed by atoms with E-state index in [1.807, 2.05) is 0 Å². The molecule has 268 valence electrons. The maximum Gasteiger partial charge on any atom is 2.00 e. The van der Waals surface area contributed by atoms with Gasteiger partial charge in [0.15, 0.2) is 0 Å². The van der Waals surface area contributed by atoms with Gasteiger partial charge in [-0.05, 0) is 52.4 Å². The van der Waals surface area contributed by atoms with Gasteiger partial charge in [0.2, 0.25) is 0 Å². The number of rotatable bonds is 14. The first-order valence-corrected chi connectivity index (χ1v) is 23.8. The van der Waals surface area contributed by atoms with E-state index in [2.05, 4.69) is 111 Å². The topological polar surface area (TPSA) is 48.6 Å². The van der Waals surface area contributed by atoms with Crippen LogP contribution in [0.3, 0.4) is 0 Å². The molecule has 0 fully saturated rings. The van der Waals surface area contributed by atoms with Crippen LogP contribution in [0.15, 0.2) is 0 Å². The predicted molar refractivity (Wildman–Crippen MR) is 187 cm³/mol. The Labute approximate surface area is 271 Å². The summed E-state index contributed by atoms with van der Waals surface area (Å²) in [4.78, 5) is 0. The molecule has 42 heavy (non-hydrogen) atoms. The second-order valence-electron chi connectivity index (χ2n) is 13.0. The van der Waals surface area contributed by atoms with Crippen LogP contribution >= 0.6 is 38.7 Å². The largest absolute Gasteiger partial charge is 2.00 e. The molecule has 0 spiro atoms. The molecule has 0 aromatic rings. The fraction of sp³-hybridized carbons (Fsp3) is 1.00. The van der Waals surface area contributed by atoms with Crippen molar-refractivity contribution in [1.82, 2.24) is 0 Å². The fourth-order valence-electron chi connectivity index (χ4n) is 4.95. The van der Waals surface area contributed by atoms with E-state index in [0.29, 0.717) is 11.3 Å². The average Bonchev–Trinajstić information content (AvgIpc) is 2.67. The minimum atomic E-state index is -10.7. The number of halogens is 6. The summed E-state index contributed by atoms with van der Waals surface area (Å²) in [5, 5.41) is 0. The molecule has 0 saturated heterocycles. The van der Waals surface area contributed by atoms with Crippen LogP contribution in [0.25, 0.3) is 0 Å². The zero-order valence-corrected chi connectivity index (χ0v) is 34.6. The second-order valence-corrected chi connectivity index (χ2v) is 29.8. The molecule has 0 aliphatic carbocycles. The van der Waals surface area contributed by atoms with Gasteiger partial charge in [0, 0.05) is 17.5 Å². The Morgan fingerprint density at radius 1 is 0.500 bits per heavy atom. The third-order valence-electron chi connectivity index (χ3n) is 7.05. The molecular formula is C28H67F6NiO2P5. The molecular weight excluding hydrogens is 696 g/mol. The molecule has 0 radical (unpaired) electrons. The van der Waals surface area contributed by atoms with E-state index >= 15 is 0 Å². The van der Waals surface area contributed by atoms with Crippen LogP contribution in [0, 0.1) is 0 Å². The van der Waals surface area contributed by atoms with Crippen molar-refractivity contribution in [2.75, 3.05) is 24.6 Å². The Kier molecular flexibility index (Phi) is 26.8. The van der Waals surface area contributed by atoms with Crippen LogP contribution < -0.4 is 0 Å². The Hall–Kier alpha value is 1.98. The van der Waals surface area contributed by atoms with Gasteiger partial charge in [-0.25, -0.2) is 0 Å². The molecule has 0 heterocycles. The molecule has 0 aromatic carbocycles. The van der Waals surface area contributed by atoms with Crippen molar-refractivity contribution in [2.45, 2.75) is 156 Å². The van der Waals surface area contributed by atoms with Crippen molar-refractivity contribution >= 4 is 38.7 Å². The first kappa shape index (κ1) is 53.5. The first-order valence-electron chi connectivity index (χ1n) is 14.8. The quantitative estimate of drug-likeness (QED) is 0.0987. The standard InChI is InChI=1S/C14H32OP2.C14H32P2.F6P.Ni.H2O.H/c1-11(2)16(12(3)4)9-10-17(15,13(5)6)14(7)8;1-11(2)15(12(3)4)9-10-16(13(5)6)14(7)8;1-7(2,3,4,5)6;;;/h11-14H,9-10H2,1-8H3;11-14H,9-10H2,1-8H3;;;1H2;/q;;-1;+2;;-1. The molecule has 0 rings (SSSR count). The molecule has 0 unspecified atom stereocenters. The maximum absolute atomic E-state index is 13.0. The maximum atomic E-state index is 13.0. The molecule has 0 atom stereocenters. The normalized spacial score (nSPS) is 14.4. The summed E-state index contributed by atoms with van der Waals surface area (Å²) in [6.07, 6.45) is 5.17. The first-order chi connectivity index (χ1) is 17.3. The van der Waals surface area contributed by atoms with Gasteiger partial charge in [0.1, 0.15) is 0 Å². The van der Waals surface area contributed by atoms with Gasteiger partial charge in [0.25, 0.3) is 0 Å². The van der Waals surface area contributed by atoms with Crippen LogP contribution in [-0.4, -0.2) is 75.4 Å². The van der Waals surface area contributed by atoms with Gasteiger partial charge in [-0.15, -0.1) is 23.8 Å². The van der Waals surface area contributed by atoms with Crippen molar-refractivity contribution in [3.05, 3.63) is 0 Å². The summed E-state index contributed by atoms with van der Waals surface area (Å²) in [6, 6.07) is 0. The summed E-state index contributed by atoms with van der Waals surface area (Å²) in [5.41, 5.74) is 5.85. The molecule has 0 bridgehead atoms. The van der Waals surface area contributed by atoms with Crippen molar-refractivity contribution < 1.29 is 53.1 Å². The number of hydrogen-bond donors (Lipinski definition) is 0. The van der Waals surface area contributed by atoms with Crippen molar-refractivity contribution in [2.24, 2.45) is 0 Å². The van der Waals surface area contributed by atoms with Crippen LogP contribution in [0.2, 0.25) is 0 Å². The van der Waals surface area contributed by atoms with E-state index in [4.69, 9.17) is 0 Å². The van der Waals surface area contributed by atoms with Crippen molar-refractivity contribution in [3.63, 3.8) is 0 Å². The smallest absolute Gasteiger partial charge is 1.00 e. The van der Waals surface area contributed by atoms with E-state index in [0.717, 1.165) is 40.1 Å². The zero-order chi connectivity index (χ0) is 33.1. The second kappa shape index (κ2) is 21.1. The van der Waals surface area contributed by atoms with Crippen LogP contribution in [0.5, 0.6) is 0 Å². The molecule has 0 aromatic heterocycles. The predicted octanol–water partition coefficient (Wildman–Crippen LogP) is 13.7. The molecule has 0 amide bonds. The SMILES string of the molecule is CC(C)P(CCP(=O)(C(C)C)C(C)C)C(C)C.CC(C)P(CCP(C(C)C)C(C)C)C(C)C.F[P-](F)(F)(F)(F)F.O.[H-].[Ni+2]. The third kappa shape index (κ3) is 29.4. The monoisotopic (exact) mass is 762 g/mol. The van der Waals surface area contributed by atoms with Gasteiger partial charge in [-0.3, -0.25) is 0 Å². The minimum Gasteiger partial charge on any atom is -1.00 e. The molecule has 0 aliphatic heterocycles. The molecule has 14 heteroatoms. The van der Waals surface area contributed by atoms with E-state index in [1.54, 1.807) is 0 Å². The van der Waals surface area contributed by atoms with Crippen LogP contribution in [-0.2, 0) is 21.1 Å². The van der Waals surface area contributed by atoms with E-state index < -0.39 is 15.0 Å². The van der Waals surface area contributed by atoms with Gasteiger partial charge in [0.05, 0.1) is 7.14 Å². The van der Waals surface area contributed by atoms with Crippen molar-refractivity contribution in [1.29, 1.82) is 0 Å². The molecule has 2 nitrogen and oxygen atoms in total. The van der Waals surface area contributed by atoms with E-state index in [1.165, 1.54) is 18.5 Å². The minimum absolute atomic E-state index is 0. The Bertz CT molecular complexity index is 671. The van der Waals surface area contributed by atoms with Crippen molar-refractivity contribution in [3.8, 4) is 0 Å². The van der Waals surface area contributed by atoms with Crippen LogP contribution in [0.1, 0.15) is 112 Å². The summed E-state index contributed by atoms with van der Waals surface area (Å²) >= 11 is 0. The Morgan fingerprint density at radius 2 is 0.667 bits per heavy atom. The zero-order valence-electron chi connectivity index (χ0n) is 30.2. The average molecular weight is 763 g/mol. The molecule has 0 aliphatic rings. The third-order valence-corrected chi connectivity index (χ3v) is 22.4. The molecule has 2 N–H and O–H groups in total. The van der Waals surface area contributed by atoms with E-state index in [9.17, 15) is 29.7 Å². The van der Waals surface area contributed by atoms with Gasteiger partial charge >= 0.3 is 49.5 Å². The fourth-order valence-corrected chi connectivity index (χ4v) is 17.9. The summed E-state index contributed by atoms with van der Waals surface area (Å²) in [5.74, 6) is 0. The number of hydrogen-bond acceptors (Lipinski definition) is 1. The molecule has 0 saturated carbocycles.